The molecule has 2 rings (SSSR count). The van der Waals surface area contributed by atoms with Crippen molar-refractivity contribution in [2.24, 2.45) is 19.8 Å². The molecule has 0 spiro atoms. The second-order valence-electron chi connectivity index (χ2n) is 4.61. The molecule has 1 unspecified atom stereocenters. The third-order valence-electron chi connectivity index (χ3n) is 2.95. The molecule has 0 aromatic carbocycles. The summed E-state index contributed by atoms with van der Waals surface area (Å²) >= 11 is 0. The Morgan fingerprint density at radius 2 is 1.95 bits per heavy atom. The Hall–Kier alpha value is -2.62. The highest BCUT2D eigenvalue weighted by Gasteiger charge is 2.13. The molecule has 1 atom stereocenters. The lowest BCUT2D eigenvalue weighted by molar-refractivity contribution is -0.122. The molecule has 0 saturated heterocycles. The highest BCUT2D eigenvalue weighted by atomic mass is 16.2. The molecule has 2 aromatic heterocycles. The van der Waals surface area contributed by atoms with Crippen molar-refractivity contribution < 1.29 is 4.79 Å². The van der Waals surface area contributed by atoms with Crippen LogP contribution in [0.4, 0.5) is 0 Å². The fraction of sp³-hybridized carbons (Fsp3) is 0.455. The molecule has 0 fully saturated rings. The lowest BCUT2D eigenvalue weighted by atomic mass is 10.3. The Bertz CT molecular complexity index is 821. The van der Waals surface area contributed by atoms with Gasteiger partial charge in [0.1, 0.15) is 0 Å². The van der Waals surface area contributed by atoms with Gasteiger partial charge in [-0.1, -0.05) is 0 Å². The number of carbonyl (C=O) groups excluding carboxylic acids is 1. The summed E-state index contributed by atoms with van der Waals surface area (Å²) in [7, 11) is 2.82. The molecule has 0 aliphatic carbocycles. The Kier molecular flexibility index (Phi) is 3.80. The summed E-state index contributed by atoms with van der Waals surface area (Å²) in [5, 5.41) is 10.1. The number of nitrogens with zero attached hydrogens (tertiary/aromatic N) is 5. The molecule has 1 amide bonds. The summed E-state index contributed by atoms with van der Waals surface area (Å²) in [6.07, 6.45) is 0. The average molecular weight is 293 g/mol. The summed E-state index contributed by atoms with van der Waals surface area (Å²) < 4.78 is 2.11. The minimum Gasteiger partial charge on any atom is -0.347 e. The number of hydrogen-bond donors (Lipinski definition) is 2. The van der Waals surface area contributed by atoms with E-state index in [0.717, 1.165) is 4.57 Å². The van der Waals surface area contributed by atoms with Crippen molar-refractivity contribution in [3.63, 3.8) is 0 Å². The molecular formula is C11H15N7O3. The van der Waals surface area contributed by atoms with Crippen molar-refractivity contribution in [3.8, 4) is 0 Å². The first-order chi connectivity index (χ1) is 9.82. The lowest BCUT2D eigenvalue weighted by Crippen LogP contribution is -2.39. The van der Waals surface area contributed by atoms with Gasteiger partial charge in [-0.3, -0.25) is 18.7 Å². The smallest absolute Gasteiger partial charge is 0.332 e. The second kappa shape index (κ2) is 5.40. The van der Waals surface area contributed by atoms with Crippen LogP contribution in [0.1, 0.15) is 12.7 Å². The summed E-state index contributed by atoms with van der Waals surface area (Å²) in [5.74, 6) is -0.209. The van der Waals surface area contributed by atoms with Crippen LogP contribution in [-0.2, 0) is 25.4 Å². The topological polar surface area (TPSA) is 138 Å². The van der Waals surface area contributed by atoms with E-state index in [1.54, 1.807) is 6.92 Å². The van der Waals surface area contributed by atoms with Gasteiger partial charge in [-0.05, 0) is 6.92 Å². The average Bonchev–Trinajstić information content (AvgIpc) is 2.48. The molecule has 2 aromatic rings. The third kappa shape index (κ3) is 2.65. The minimum absolute atomic E-state index is 0.00465. The standard InChI is InChI=1S/C11H15N7O3/c1-5(12)9(19)13-4-6-14-7-8(16-15-6)17(2)11(21)18(3)10(7)20/h5H,4,12H2,1-3H3,(H,13,19). The van der Waals surface area contributed by atoms with Crippen LogP contribution in [0.2, 0.25) is 0 Å². The molecule has 0 saturated carbocycles. The van der Waals surface area contributed by atoms with E-state index in [-0.39, 0.29) is 29.4 Å². The predicted molar refractivity (Wildman–Crippen MR) is 73.3 cm³/mol. The second-order valence-corrected chi connectivity index (χ2v) is 4.61. The predicted octanol–water partition coefficient (Wildman–Crippen LogP) is -2.61. The number of fused-ring (bicyclic) bond motifs is 1. The molecule has 0 aliphatic heterocycles. The summed E-state index contributed by atoms with van der Waals surface area (Å²) in [4.78, 5) is 39.2. The molecule has 112 valence electrons. The van der Waals surface area contributed by atoms with Gasteiger partial charge in [0.25, 0.3) is 5.56 Å². The number of rotatable bonds is 3. The zero-order valence-electron chi connectivity index (χ0n) is 11.8. The van der Waals surface area contributed by atoms with Crippen LogP contribution in [0, 0.1) is 0 Å². The fourth-order valence-electron chi connectivity index (χ4n) is 1.69. The summed E-state index contributed by atoms with van der Waals surface area (Å²) in [5.41, 5.74) is 4.43. The Balaban J connectivity index is 2.45. The summed E-state index contributed by atoms with van der Waals surface area (Å²) in [6, 6.07) is -0.660. The van der Waals surface area contributed by atoms with Gasteiger partial charge >= 0.3 is 5.69 Å². The van der Waals surface area contributed by atoms with Crippen LogP contribution in [0.3, 0.4) is 0 Å². The maximum Gasteiger partial charge on any atom is 0.332 e. The molecule has 21 heavy (non-hydrogen) atoms. The van der Waals surface area contributed by atoms with E-state index >= 15 is 0 Å². The van der Waals surface area contributed by atoms with Crippen molar-refractivity contribution in [1.29, 1.82) is 0 Å². The van der Waals surface area contributed by atoms with E-state index in [0.29, 0.717) is 0 Å². The van der Waals surface area contributed by atoms with Crippen LogP contribution in [0.15, 0.2) is 9.59 Å². The van der Waals surface area contributed by atoms with Crippen LogP contribution in [0.25, 0.3) is 11.2 Å². The van der Waals surface area contributed by atoms with Crippen LogP contribution < -0.4 is 22.3 Å². The minimum atomic E-state index is -0.660. The number of hydrogen-bond acceptors (Lipinski definition) is 7. The van der Waals surface area contributed by atoms with E-state index in [1.165, 1.54) is 18.7 Å². The van der Waals surface area contributed by atoms with Gasteiger partial charge in [-0.2, -0.15) is 0 Å². The lowest BCUT2D eigenvalue weighted by Gasteiger charge is -2.08. The molecule has 10 heteroatoms. The van der Waals surface area contributed by atoms with Crippen molar-refractivity contribution in [3.05, 3.63) is 26.7 Å². The van der Waals surface area contributed by atoms with E-state index in [4.69, 9.17) is 5.73 Å². The van der Waals surface area contributed by atoms with Gasteiger partial charge in [0.15, 0.2) is 17.0 Å². The maximum atomic E-state index is 12.0. The van der Waals surface area contributed by atoms with Gasteiger partial charge in [0.2, 0.25) is 5.91 Å². The van der Waals surface area contributed by atoms with Gasteiger partial charge < -0.3 is 11.1 Å². The van der Waals surface area contributed by atoms with E-state index in [2.05, 4.69) is 20.5 Å². The van der Waals surface area contributed by atoms with E-state index < -0.39 is 17.3 Å². The van der Waals surface area contributed by atoms with Crippen molar-refractivity contribution >= 4 is 17.1 Å². The third-order valence-corrected chi connectivity index (χ3v) is 2.95. The zero-order valence-corrected chi connectivity index (χ0v) is 11.8. The first-order valence-electron chi connectivity index (χ1n) is 6.15. The first kappa shape index (κ1) is 14.8. The SMILES string of the molecule is CC(N)C(=O)NCc1nnc2c(n1)c(=O)n(C)c(=O)n2C. The van der Waals surface area contributed by atoms with Crippen LogP contribution >= 0.6 is 0 Å². The molecule has 0 radical (unpaired) electrons. The highest BCUT2D eigenvalue weighted by molar-refractivity contribution is 5.80. The van der Waals surface area contributed by atoms with E-state index in [1.807, 2.05) is 0 Å². The largest absolute Gasteiger partial charge is 0.347 e. The number of aromatic nitrogens is 5. The maximum absolute atomic E-state index is 12.0. The quantitative estimate of drug-likeness (QED) is 0.632. The molecular weight excluding hydrogens is 278 g/mol. The molecule has 0 aliphatic rings. The zero-order chi connectivity index (χ0) is 15.7. The first-order valence-corrected chi connectivity index (χ1v) is 6.15. The number of nitrogens with one attached hydrogen (secondary N) is 1. The van der Waals surface area contributed by atoms with Crippen molar-refractivity contribution in [2.75, 3.05) is 0 Å². The van der Waals surface area contributed by atoms with Gasteiger partial charge in [-0.25, -0.2) is 9.78 Å². The molecule has 10 nitrogen and oxygen atoms in total. The van der Waals surface area contributed by atoms with Crippen molar-refractivity contribution in [2.45, 2.75) is 19.5 Å². The van der Waals surface area contributed by atoms with Crippen LogP contribution in [-0.4, -0.2) is 36.3 Å². The summed E-state index contributed by atoms with van der Waals surface area (Å²) in [6.45, 7) is 1.54. The fourth-order valence-corrected chi connectivity index (χ4v) is 1.69. The Labute approximate surface area is 118 Å². The Morgan fingerprint density at radius 1 is 1.29 bits per heavy atom. The normalized spacial score (nSPS) is 12.4. The molecule has 0 bridgehead atoms. The molecule has 3 N–H and O–H groups in total. The van der Waals surface area contributed by atoms with Gasteiger partial charge in [0.05, 0.1) is 12.6 Å². The number of carbonyl (C=O) groups is 1. The number of amides is 1. The number of aryl methyl sites for hydroxylation is 1. The van der Waals surface area contributed by atoms with E-state index in [9.17, 15) is 14.4 Å². The van der Waals surface area contributed by atoms with Gasteiger partial charge in [-0.15, -0.1) is 10.2 Å². The Morgan fingerprint density at radius 3 is 2.57 bits per heavy atom. The van der Waals surface area contributed by atoms with Crippen molar-refractivity contribution in [1.82, 2.24) is 29.6 Å². The highest BCUT2D eigenvalue weighted by Crippen LogP contribution is 1.99. The molecule has 2 heterocycles. The van der Waals surface area contributed by atoms with Crippen LogP contribution in [0.5, 0.6) is 0 Å². The monoisotopic (exact) mass is 293 g/mol. The number of nitrogens with two attached hydrogens (primary N) is 1. The van der Waals surface area contributed by atoms with Gasteiger partial charge in [0, 0.05) is 14.1 Å².